The predicted octanol–water partition coefficient (Wildman–Crippen LogP) is 0.822. The van der Waals surface area contributed by atoms with Crippen molar-refractivity contribution in [2.45, 2.75) is 19.1 Å². The van der Waals surface area contributed by atoms with Gasteiger partial charge in [0.05, 0.1) is 12.1 Å². The Labute approximate surface area is 116 Å². The average molecular weight is 275 g/mol. The fraction of sp³-hybridized carbons (Fsp3) is 0.429. The zero-order valence-electron chi connectivity index (χ0n) is 11.3. The molecule has 2 N–H and O–H groups in total. The molecule has 0 aliphatic carbocycles. The molecular formula is C14H17N3O3. The average Bonchev–Trinajstić information content (AvgIpc) is 2.84. The van der Waals surface area contributed by atoms with Crippen LogP contribution >= 0.6 is 0 Å². The fourth-order valence-corrected chi connectivity index (χ4v) is 2.12. The van der Waals surface area contributed by atoms with Crippen molar-refractivity contribution in [2.24, 2.45) is 0 Å². The molecule has 6 heteroatoms. The Morgan fingerprint density at radius 2 is 2.30 bits per heavy atom. The third-order valence-electron chi connectivity index (χ3n) is 3.45. The van der Waals surface area contributed by atoms with Gasteiger partial charge in [-0.15, -0.1) is 0 Å². The van der Waals surface area contributed by atoms with Gasteiger partial charge in [0.15, 0.2) is 5.58 Å². The van der Waals surface area contributed by atoms with Crippen LogP contribution < -0.4 is 10.6 Å². The van der Waals surface area contributed by atoms with Crippen LogP contribution in [0.4, 0.5) is 0 Å². The van der Waals surface area contributed by atoms with Crippen LogP contribution in [0.25, 0.3) is 11.0 Å². The van der Waals surface area contributed by atoms with Gasteiger partial charge in [-0.05, 0) is 19.1 Å². The molecule has 1 fully saturated rings. The van der Waals surface area contributed by atoms with Crippen molar-refractivity contribution in [1.29, 1.82) is 0 Å². The first-order valence-corrected chi connectivity index (χ1v) is 6.61. The number of benzene rings is 1. The summed E-state index contributed by atoms with van der Waals surface area (Å²) >= 11 is 0. The van der Waals surface area contributed by atoms with E-state index in [0.717, 1.165) is 29.8 Å². The van der Waals surface area contributed by atoms with Gasteiger partial charge in [0.1, 0.15) is 12.3 Å². The SMILES string of the molecule is CC1(OCC(=O)NCc2noc3ccccc23)CNC1. The van der Waals surface area contributed by atoms with E-state index in [1.165, 1.54) is 0 Å². The minimum absolute atomic E-state index is 0.0635. The number of hydrogen-bond donors (Lipinski definition) is 2. The van der Waals surface area contributed by atoms with E-state index in [1.54, 1.807) is 0 Å². The van der Waals surface area contributed by atoms with E-state index >= 15 is 0 Å². The molecule has 20 heavy (non-hydrogen) atoms. The van der Waals surface area contributed by atoms with Crippen LogP contribution in [-0.2, 0) is 16.1 Å². The number of para-hydroxylation sites is 1. The van der Waals surface area contributed by atoms with Crippen LogP contribution in [0.5, 0.6) is 0 Å². The Morgan fingerprint density at radius 3 is 3.05 bits per heavy atom. The molecule has 0 bridgehead atoms. The van der Waals surface area contributed by atoms with E-state index in [4.69, 9.17) is 9.26 Å². The summed E-state index contributed by atoms with van der Waals surface area (Å²) < 4.78 is 10.7. The Bertz CT molecular complexity index is 619. The minimum atomic E-state index is -0.210. The highest BCUT2D eigenvalue weighted by Gasteiger charge is 2.32. The van der Waals surface area contributed by atoms with Gasteiger partial charge < -0.3 is 19.9 Å². The number of amides is 1. The molecule has 6 nitrogen and oxygen atoms in total. The zero-order valence-corrected chi connectivity index (χ0v) is 11.3. The predicted molar refractivity (Wildman–Crippen MR) is 73.1 cm³/mol. The second-order valence-electron chi connectivity index (χ2n) is 5.24. The van der Waals surface area contributed by atoms with E-state index in [0.29, 0.717) is 6.54 Å². The van der Waals surface area contributed by atoms with Gasteiger partial charge in [-0.3, -0.25) is 4.79 Å². The van der Waals surface area contributed by atoms with E-state index in [-0.39, 0.29) is 18.1 Å². The topological polar surface area (TPSA) is 76.4 Å². The van der Waals surface area contributed by atoms with Gasteiger partial charge in [0.2, 0.25) is 5.91 Å². The smallest absolute Gasteiger partial charge is 0.246 e. The molecule has 1 aliphatic heterocycles. The van der Waals surface area contributed by atoms with Crippen molar-refractivity contribution in [1.82, 2.24) is 15.8 Å². The third-order valence-corrected chi connectivity index (χ3v) is 3.45. The summed E-state index contributed by atoms with van der Waals surface area (Å²) in [6.07, 6.45) is 0. The summed E-state index contributed by atoms with van der Waals surface area (Å²) in [6, 6.07) is 7.57. The van der Waals surface area contributed by atoms with Gasteiger partial charge in [-0.2, -0.15) is 0 Å². The summed E-state index contributed by atoms with van der Waals surface area (Å²) in [5.41, 5.74) is 1.24. The van der Waals surface area contributed by atoms with Gasteiger partial charge in [0, 0.05) is 18.5 Å². The lowest BCUT2D eigenvalue weighted by atomic mass is 10.0. The maximum Gasteiger partial charge on any atom is 0.246 e. The number of aromatic nitrogens is 1. The first kappa shape index (κ1) is 13.1. The van der Waals surface area contributed by atoms with Gasteiger partial charge >= 0.3 is 0 Å². The largest absolute Gasteiger partial charge is 0.363 e. The number of hydrogen-bond acceptors (Lipinski definition) is 5. The number of fused-ring (bicyclic) bond motifs is 1. The van der Waals surface area contributed by atoms with Crippen LogP contribution in [0, 0.1) is 0 Å². The summed E-state index contributed by atoms with van der Waals surface area (Å²) in [7, 11) is 0. The lowest BCUT2D eigenvalue weighted by Crippen LogP contribution is -2.59. The second-order valence-corrected chi connectivity index (χ2v) is 5.24. The van der Waals surface area contributed by atoms with Gasteiger partial charge in [0.25, 0.3) is 0 Å². The highest BCUT2D eigenvalue weighted by molar-refractivity contribution is 5.81. The summed E-state index contributed by atoms with van der Waals surface area (Å²) in [6.45, 7) is 3.96. The lowest BCUT2D eigenvalue weighted by molar-refractivity contribution is -0.136. The molecule has 3 rings (SSSR count). The van der Waals surface area contributed by atoms with Crippen molar-refractivity contribution in [3.05, 3.63) is 30.0 Å². The van der Waals surface area contributed by atoms with E-state index < -0.39 is 0 Å². The van der Waals surface area contributed by atoms with E-state index in [1.807, 2.05) is 31.2 Å². The molecule has 0 unspecified atom stereocenters. The van der Waals surface area contributed by atoms with Gasteiger partial charge in [-0.25, -0.2) is 0 Å². The third kappa shape index (κ3) is 2.66. The number of nitrogens with one attached hydrogen (secondary N) is 2. The molecule has 1 aromatic carbocycles. The van der Waals surface area contributed by atoms with Crippen molar-refractivity contribution in [3.8, 4) is 0 Å². The molecule has 0 radical (unpaired) electrons. The summed E-state index contributed by atoms with van der Waals surface area (Å²) in [5.74, 6) is -0.148. The minimum Gasteiger partial charge on any atom is -0.363 e. The maximum absolute atomic E-state index is 11.7. The van der Waals surface area contributed by atoms with Crippen LogP contribution in [0.2, 0.25) is 0 Å². The maximum atomic E-state index is 11.7. The van der Waals surface area contributed by atoms with Crippen LogP contribution in [0.3, 0.4) is 0 Å². The second kappa shape index (κ2) is 5.22. The Balaban J connectivity index is 1.52. The molecule has 1 amide bonds. The molecule has 1 saturated heterocycles. The number of carbonyl (C=O) groups excluding carboxylic acids is 1. The summed E-state index contributed by atoms with van der Waals surface area (Å²) in [4.78, 5) is 11.7. The first-order valence-electron chi connectivity index (χ1n) is 6.61. The highest BCUT2D eigenvalue weighted by atomic mass is 16.5. The van der Waals surface area contributed by atoms with Crippen LogP contribution in [0.1, 0.15) is 12.6 Å². The molecule has 0 atom stereocenters. The van der Waals surface area contributed by atoms with Crippen molar-refractivity contribution < 1.29 is 14.1 Å². The fourth-order valence-electron chi connectivity index (χ4n) is 2.12. The molecular weight excluding hydrogens is 258 g/mol. The molecule has 2 heterocycles. The molecule has 0 saturated carbocycles. The van der Waals surface area contributed by atoms with E-state index in [9.17, 15) is 4.79 Å². The number of nitrogens with zero attached hydrogens (tertiary/aromatic N) is 1. The number of ether oxygens (including phenoxy) is 1. The quantitative estimate of drug-likeness (QED) is 0.845. The molecule has 2 aromatic rings. The molecule has 106 valence electrons. The van der Waals surface area contributed by atoms with E-state index in [2.05, 4.69) is 15.8 Å². The number of rotatable bonds is 5. The molecule has 1 aliphatic rings. The van der Waals surface area contributed by atoms with Crippen molar-refractivity contribution in [2.75, 3.05) is 19.7 Å². The first-order chi connectivity index (χ1) is 9.66. The standard InChI is InChI=1S/C14H17N3O3/c1-14(8-15-9-14)19-7-13(18)16-6-11-10-4-2-3-5-12(10)20-17-11/h2-5,15H,6-9H2,1H3,(H,16,18). The normalized spacial score (nSPS) is 16.9. The lowest BCUT2D eigenvalue weighted by Gasteiger charge is -2.38. The molecule has 1 aromatic heterocycles. The summed E-state index contributed by atoms with van der Waals surface area (Å²) in [5, 5.41) is 10.8. The Hall–Kier alpha value is -1.92. The van der Waals surface area contributed by atoms with Crippen LogP contribution in [-0.4, -0.2) is 36.4 Å². The van der Waals surface area contributed by atoms with Gasteiger partial charge in [-0.1, -0.05) is 17.3 Å². The zero-order chi connectivity index (χ0) is 14.0. The Kier molecular flexibility index (Phi) is 3.42. The molecule has 0 spiro atoms. The Morgan fingerprint density at radius 1 is 1.50 bits per heavy atom. The monoisotopic (exact) mass is 275 g/mol. The van der Waals surface area contributed by atoms with Crippen molar-refractivity contribution >= 4 is 16.9 Å². The highest BCUT2D eigenvalue weighted by Crippen LogP contribution is 2.17. The number of carbonyl (C=O) groups is 1. The van der Waals surface area contributed by atoms with Crippen molar-refractivity contribution in [3.63, 3.8) is 0 Å². The van der Waals surface area contributed by atoms with Crippen LogP contribution in [0.15, 0.2) is 28.8 Å².